The molecule has 0 aliphatic heterocycles. The van der Waals surface area contributed by atoms with E-state index in [1.54, 1.807) is 23.2 Å². The lowest BCUT2D eigenvalue weighted by molar-refractivity contribution is -0.139. The molecule has 160 valence electrons. The van der Waals surface area contributed by atoms with Gasteiger partial charge in [0.2, 0.25) is 0 Å². The molecule has 2 aromatic carbocycles. The molecule has 2 aromatic heterocycles. The number of benzene rings is 2. The fourth-order valence-corrected chi connectivity index (χ4v) is 3.33. The molecule has 0 aliphatic carbocycles. The number of carbonyl (C=O) groups is 1. The Morgan fingerprint density at radius 1 is 1.03 bits per heavy atom. The van der Waals surface area contributed by atoms with E-state index in [-0.39, 0.29) is 17.7 Å². The predicted octanol–water partition coefficient (Wildman–Crippen LogP) is 3.62. The minimum absolute atomic E-state index is 0.0625. The van der Waals surface area contributed by atoms with Crippen molar-refractivity contribution < 1.29 is 9.53 Å². The first kappa shape index (κ1) is 21.0. The van der Waals surface area contributed by atoms with Gasteiger partial charge in [0, 0.05) is 19.0 Å². The SMILES string of the molecule is COC(=O)CN(Cc1ccccc1)c1nc2ccccn2c(=O)c1C=Nc1ccccc1. The molecular formula is C25H22N4O3. The van der Waals surface area contributed by atoms with E-state index in [4.69, 9.17) is 9.72 Å². The van der Waals surface area contributed by atoms with Gasteiger partial charge in [-0.2, -0.15) is 0 Å². The van der Waals surface area contributed by atoms with Crippen LogP contribution in [0.2, 0.25) is 0 Å². The van der Waals surface area contributed by atoms with Crippen molar-refractivity contribution in [3.63, 3.8) is 0 Å². The van der Waals surface area contributed by atoms with E-state index < -0.39 is 5.97 Å². The Labute approximate surface area is 185 Å². The summed E-state index contributed by atoms with van der Waals surface area (Å²) in [7, 11) is 1.34. The zero-order valence-electron chi connectivity index (χ0n) is 17.6. The van der Waals surface area contributed by atoms with Crippen LogP contribution in [0.1, 0.15) is 11.1 Å². The number of hydrogen-bond donors (Lipinski definition) is 0. The van der Waals surface area contributed by atoms with Crippen molar-refractivity contribution >= 4 is 29.3 Å². The number of nitrogens with zero attached hydrogens (tertiary/aromatic N) is 4. The zero-order chi connectivity index (χ0) is 22.3. The number of esters is 1. The topological polar surface area (TPSA) is 76.3 Å². The minimum Gasteiger partial charge on any atom is -0.468 e. The monoisotopic (exact) mass is 426 g/mol. The molecule has 0 atom stereocenters. The van der Waals surface area contributed by atoms with Crippen LogP contribution in [-0.2, 0) is 16.1 Å². The first-order chi connectivity index (χ1) is 15.7. The summed E-state index contributed by atoms with van der Waals surface area (Å²) in [5, 5.41) is 0. The van der Waals surface area contributed by atoms with Crippen LogP contribution in [0.4, 0.5) is 11.5 Å². The molecule has 4 rings (SSSR count). The van der Waals surface area contributed by atoms with E-state index in [9.17, 15) is 9.59 Å². The molecule has 0 saturated carbocycles. The molecule has 0 N–H and O–H groups in total. The molecule has 0 unspecified atom stereocenters. The fourth-order valence-electron chi connectivity index (χ4n) is 3.33. The largest absolute Gasteiger partial charge is 0.468 e. The Hall–Kier alpha value is -4.26. The van der Waals surface area contributed by atoms with Gasteiger partial charge in [0.25, 0.3) is 5.56 Å². The third-order valence-electron chi connectivity index (χ3n) is 4.91. The van der Waals surface area contributed by atoms with Crippen molar-refractivity contribution in [2.24, 2.45) is 4.99 Å². The van der Waals surface area contributed by atoms with E-state index in [1.807, 2.05) is 66.7 Å². The van der Waals surface area contributed by atoms with Gasteiger partial charge in [-0.3, -0.25) is 19.0 Å². The number of para-hydroxylation sites is 1. The first-order valence-electron chi connectivity index (χ1n) is 10.1. The zero-order valence-corrected chi connectivity index (χ0v) is 17.6. The molecule has 0 spiro atoms. The second kappa shape index (κ2) is 9.70. The van der Waals surface area contributed by atoms with Crippen molar-refractivity contribution in [2.45, 2.75) is 6.54 Å². The van der Waals surface area contributed by atoms with Crippen LogP contribution in [0.3, 0.4) is 0 Å². The van der Waals surface area contributed by atoms with E-state index in [0.717, 1.165) is 5.56 Å². The van der Waals surface area contributed by atoms with E-state index in [1.165, 1.54) is 17.7 Å². The number of carbonyl (C=O) groups excluding carboxylic acids is 1. The number of aliphatic imine (C=N–C) groups is 1. The average Bonchev–Trinajstić information content (AvgIpc) is 2.84. The third kappa shape index (κ3) is 4.73. The lowest BCUT2D eigenvalue weighted by Crippen LogP contribution is -2.34. The molecule has 0 bridgehead atoms. The van der Waals surface area contributed by atoms with Crippen LogP contribution in [0.15, 0.2) is 94.8 Å². The molecule has 0 saturated heterocycles. The maximum atomic E-state index is 13.4. The number of methoxy groups -OCH3 is 1. The first-order valence-corrected chi connectivity index (χ1v) is 10.1. The normalized spacial score (nSPS) is 11.0. The molecule has 0 amide bonds. The van der Waals surface area contributed by atoms with Crippen molar-refractivity contribution in [2.75, 3.05) is 18.6 Å². The summed E-state index contributed by atoms with van der Waals surface area (Å²) in [6, 6.07) is 24.3. The van der Waals surface area contributed by atoms with Crippen LogP contribution in [-0.4, -0.2) is 35.2 Å². The highest BCUT2D eigenvalue weighted by molar-refractivity contribution is 5.89. The molecule has 32 heavy (non-hydrogen) atoms. The Kier molecular flexibility index (Phi) is 6.36. The fraction of sp³-hybridized carbons (Fsp3) is 0.120. The number of rotatable bonds is 7. The van der Waals surface area contributed by atoms with Gasteiger partial charge in [-0.25, -0.2) is 4.98 Å². The second-order valence-corrected chi connectivity index (χ2v) is 7.09. The Bertz CT molecular complexity index is 1300. The van der Waals surface area contributed by atoms with E-state index in [2.05, 4.69) is 4.99 Å². The lowest BCUT2D eigenvalue weighted by atomic mass is 10.2. The highest BCUT2D eigenvalue weighted by Crippen LogP contribution is 2.19. The average molecular weight is 426 g/mol. The standard InChI is InChI=1S/C25H22N4O3/c1-32-23(30)18-28(17-19-10-4-2-5-11-19)24-21(16-26-20-12-6-3-7-13-20)25(31)29-15-9-8-14-22(29)27-24/h2-16H,17-18H2,1H3. The summed E-state index contributed by atoms with van der Waals surface area (Å²) in [5.74, 6) is -0.0583. The number of aromatic nitrogens is 2. The highest BCUT2D eigenvalue weighted by atomic mass is 16.5. The predicted molar refractivity (Wildman–Crippen MR) is 125 cm³/mol. The number of hydrogen-bond acceptors (Lipinski definition) is 6. The van der Waals surface area contributed by atoms with E-state index >= 15 is 0 Å². The number of pyridine rings is 1. The van der Waals surface area contributed by atoms with Gasteiger partial charge >= 0.3 is 5.97 Å². The molecular weight excluding hydrogens is 404 g/mol. The van der Waals surface area contributed by atoms with Gasteiger partial charge in [-0.15, -0.1) is 0 Å². The Morgan fingerprint density at radius 2 is 1.72 bits per heavy atom. The van der Waals surface area contributed by atoms with E-state index in [0.29, 0.717) is 23.7 Å². The third-order valence-corrected chi connectivity index (χ3v) is 4.91. The summed E-state index contributed by atoms with van der Waals surface area (Å²) in [6.45, 7) is 0.310. The molecule has 0 fully saturated rings. The van der Waals surface area contributed by atoms with Gasteiger partial charge in [-0.05, 0) is 29.8 Å². The number of anilines is 1. The van der Waals surface area contributed by atoms with Crippen LogP contribution in [0.25, 0.3) is 5.65 Å². The highest BCUT2D eigenvalue weighted by Gasteiger charge is 2.20. The summed E-state index contributed by atoms with van der Waals surface area (Å²) < 4.78 is 6.37. The number of fused-ring (bicyclic) bond motifs is 1. The van der Waals surface area contributed by atoms with Crippen LogP contribution >= 0.6 is 0 Å². The van der Waals surface area contributed by atoms with Gasteiger partial charge in [0.05, 0.1) is 12.8 Å². The molecule has 2 heterocycles. The van der Waals surface area contributed by atoms with Gasteiger partial charge in [-0.1, -0.05) is 54.6 Å². The maximum absolute atomic E-state index is 13.4. The molecule has 7 heteroatoms. The Balaban J connectivity index is 1.87. The summed E-state index contributed by atoms with van der Waals surface area (Å²) >= 11 is 0. The van der Waals surface area contributed by atoms with Crippen LogP contribution in [0.5, 0.6) is 0 Å². The molecule has 0 aliphatic rings. The summed E-state index contributed by atoms with van der Waals surface area (Å²) in [4.78, 5) is 36.5. The van der Waals surface area contributed by atoms with Crippen molar-refractivity contribution in [3.05, 3.63) is 107 Å². The maximum Gasteiger partial charge on any atom is 0.325 e. The molecule has 4 aromatic rings. The van der Waals surface area contributed by atoms with Crippen LogP contribution in [0, 0.1) is 0 Å². The molecule has 0 radical (unpaired) electrons. The van der Waals surface area contributed by atoms with Crippen molar-refractivity contribution in [1.29, 1.82) is 0 Å². The summed E-state index contributed by atoms with van der Waals surface area (Å²) in [6.07, 6.45) is 3.17. The summed E-state index contributed by atoms with van der Waals surface area (Å²) in [5.41, 5.74) is 2.17. The lowest BCUT2D eigenvalue weighted by Gasteiger charge is -2.24. The van der Waals surface area contributed by atoms with Gasteiger partial charge in [0.1, 0.15) is 23.6 Å². The van der Waals surface area contributed by atoms with Crippen molar-refractivity contribution in [1.82, 2.24) is 9.38 Å². The quantitative estimate of drug-likeness (QED) is 0.333. The molecule has 7 nitrogen and oxygen atoms in total. The minimum atomic E-state index is -0.429. The van der Waals surface area contributed by atoms with Crippen molar-refractivity contribution in [3.8, 4) is 0 Å². The van der Waals surface area contributed by atoms with Gasteiger partial charge < -0.3 is 9.64 Å². The number of ether oxygens (including phenoxy) is 1. The Morgan fingerprint density at radius 3 is 2.44 bits per heavy atom. The van der Waals surface area contributed by atoms with Gasteiger partial charge in [0.15, 0.2) is 0 Å². The van der Waals surface area contributed by atoms with Crippen LogP contribution < -0.4 is 10.5 Å². The second-order valence-electron chi connectivity index (χ2n) is 7.09. The smallest absolute Gasteiger partial charge is 0.325 e.